The monoisotopic (exact) mass is 253 g/mol. The van der Waals surface area contributed by atoms with E-state index in [2.05, 4.69) is 29.6 Å². The minimum absolute atomic E-state index is 0.792. The fourth-order valence-electron chi connectivity index (χ4n) is 3.64. The number of rotatable bonds is 7. The van der Waals surface area contributed by atoms with Gasteiger partial charge in [0, 0.05) is 12.1 Å². The van der Waals surface area contributed by atoms with E-state index >= 15 is 0 Å². The lowest BCUT2D eigenvalue weighted by Crippen LogP contribution is -2.42. The maximum absolute atomic E-state index is 3.82. The van der Waals surface area contributed by atoms with Crippen LogP contribution < -0.4 is 10.6 Å². The molecule has 3 heteroatoms. The lowest BCUT2D eigenvalue weighted by molar-refractivity contribution is 0.316. The molecule has 1 saturated carbocycles. The number of unbranched alkanes of at least 4 members (excludes halogenated alkanes) is 1. The van der Waals surface area contributed by atoms with Crippen LogP contribution in [0.15, 0.2) is 0 Å². The van der Waals surface area contributed by atoms with Crippen LogP contribution in [0.2, 0.25) is 0 Å². The van der Waals surface area contributed by atoms with E-state index in [0.717, 1.165) is 18.0 Å². The van der Waals surface area contributed by atoms with E-state index < -0.39 is 0 Å². The minimum atomic E-state index is 0.792. The van der Waals surface area contributed by atoms with Gasteiger partial charge in [0.2, 0.25) is 0 Å². The van der Waals surface area contributed by atoms with E-state index in [-0.39, 0.29) is 0 Å². The van der Waals surface area contributed by atoms with Gasteiger partial charge in [-0.15, -0.1) is 0 Å². The summed E-state index contributed by atoms with van der Waals surface area (Å²) in [5, 5.41) is 7.52. The van der Waals surface area contributed by atoms with Crippen molar-refractivity contribution in [1.29, 1.82) is 0 Å². The molecule has 2 aliphatic rings. The summed E-state index contributed by atoms with van der Waals surface area (Å²) in [4.78, 5) is 2.28. The van der Waals surface area contributed by atoms with Crippen LogP contribution in [0.5, 0.6) is 0 Å². The van der Waals surface area contributed by atoms with Crippen molar-refractivity contribution in [1.82, 2.24) is 15.5 Å². The molecular formula is C15H31N3. The third-order valence-electron chi connectivity index (χ3n) is 4.62. The van der Waals surface area contributed by atoms with Gasteiger partial charge in [0.05, 0.1) is 0 Å². The lowest BCUT2D eigenvalue weighted by atomic mass is 9.93. The molecule has 0 bridgehead atoms. The van der Waals surface area contributed by atoms with Crippen LogP contribution in [0, 0.1) is 5.92 Å². The first-order chi connectivity index (χ1) is 8.77. The van der Waals surface area contributed by atoms with Gasteiger partial charge in [-0.2, -0.15) is 0 Å². The molecule has 0 aromatic rings. The first-order valence-corrected chi connectivity index (χ1v) is 7.89. The molecule has 0 spiro atoms. The molecule has 1 saturated heterocycles. The first kappa shape index (κ1) is 14.3. The summed E-state index contributed by atoms with van der Waals surface area (Å²) >= 11 is 0. The summed E-state index contributed by atoms with van der Waals surface area (Å²) in [6, 6.07) is 1.60. The number of nitrogens with one attached hydrogen (secondary N) is 2. The molecule has 3 atom stereocenters. The van der Waals surface area contributed by atoms with Gasteiger partial charge in [0.15, 0.2) is 0 Å². The standard InChI is InChI=1S/C15H31N3/c1-18(2)12-4-3-10-16-14-8-5-7-13(14)15-9-6-11-17-15/h13-17H,3-12H2,1-2H3. The second-order valence-corrected chi connectivity index (χ2v) is 6.37. The Morgan fingerprint density at radius 3 is 2.72 bits per heavy atom. The normalized spacial score (nSPS) is 32.5. The Hall–Kier alpha value is -0.120. The minimum Gasteiger partial charge on any atom is -0.314 e. The Kier molecular flexibility index (Phi) is 5.93. The van der Waals surface area contributed by atoms with Crippen LogP contribution in [0.4, 0.5) is 0 Å². The van der Waals surface area contributed by atoms with Crippen molar-refractivity contribution in [2.75, 3.05) is 33.7 Å². The van der Waals surface area contributed by atoms with Crippen molar-refractivity contribution < 1.29 is 0 Å². The molecule has 2 fully saturated rings. The van der Waals surface area contributed by atoms with E-state index in [9.17, 15) is 0 Å². The fraction of sp³-hybridized carbons (Fsp3) is 1.00. The highest BCUT2D eigenvalue weighted by atomic mass is 15.0. The maximum atomic E-state index is 3.82. The van der Waals surface area contributed by atoms with Crippen molar-refractivity contribution in [3.05, 3.63) is 0 Å². The SMILES string of the molecule is CN(C)CCCCNC1CCCC1C1CCCN1. The first-order valence-electron chi connectivity index (χ1n) is 7.89. The summed E-state index contributed by atoms with van der Waals surface area (Å²) in [6.07, 6.45) is 9.69. The van der Waals surface area contributed by atoms with Gasteiger partial charge in [0.25, 0.3) is 0 Å². The molecule has 18 heavy (non-hydrogen) atoms. The number of nitrogens with zero attached hydrogens (tertiary/aromatic N) is 1. The van der Waals surface area contributed by atoms with E-state index in [1.807, 2.05) is 0 Å². The molecule has 106 valence electrons. The van der Waals surface area contributed by atoms with Gasteiger partial charge < -0.3 is 15.5 Å². The quantitative estimate of drug-likeness (QED) is 0.678. The van der Waals surface area contributed by atoms with Crippen LogP contribution in [-0.2, 0) is 0 Å². The third-order valence-corrected chi connectivity index (χ3v) is 4.62. The summed E-state index contributed by atoms with van der Waals surface area (Å²) < 4.78 is 0. The zero-order valence-electron chi connectivity index (χ0n) is 12.3. The molecule has 1 heterocycles. The van der Waals surface area contributed by atoms with E-state index in [0.29, 0.717) is 0 Å². The predicted molar refractivity (Wildman–Crippen MR) is 77.9 cm³/mol. The predicted octanol–water partition coefficient (Wildman–Crippen LogP) is 1.84. The van der Waals surface area contributed by atoms with Crippen molar-refractivity contribution in [2.24, 2.45) is 5.92 Å². The van der Waals surface area contributed by atoms with Crippen molar-refractivity contribution >= 4 is 0 Å². The van der Waals surface area contributed by atoms with Crippen molar-refractivity contribution in [3.63, 3.8) is 0 Å². The Morgan fingerprint density at radius 2 is 2.00 bits per heavy atom. The van der Waals surface area contributed by atoms with E-state index in [4.69, 9.17) is 0 Å². The van der Waals surface area contributed by atoms with Gasteiger partial charge >= 0.3 is 0 Å². The van der Waals surface area contributed by atoms with Crippen LogP contribution in [0.1, 0.15) is 44.9 Å². The van der Waals surface area contributed by atoms with Crippen molar-refractivity contribution in [2.45, 2.75) is 57.0 Å². The van der Waals surface area contributed by atoms with Gasteiger partial charge in [-0.25, -0.2) is 0 Å². The molecule has 0 amide bonds. The van der Waals surface area contributed by atoms with Crippen LogP contribution in [0.3, 0.4) is 0 Å². The molecule has 3 nitrogen and oxygen atoms in total. The second-order valence-electron chi connectivity index (χ2n) is 6.37. The molecule has 2 rings (SSSR count). The highest BCUT2D eigenvalue weighted by Crippen LogP contribution is 2.31. The van der Waals surface area contributed by atoms with E-state index in [1.165, 1.54) is 64.6 Å². The third kappa shape index (κ3) is 4.22. The highest BCUT2D eigenvalue weighted by Gasteiger charge is 2.34. The topological polar surface area (TPSA) is 27.3 Å². The Balaban J connectivity index is 1.62. The molecule has 0 aromatic heterocycles. The smallest absolute Gasteiger partial charge is 0.0111 e. The van der Waals surface area contributed by atoms with Crippen molar-refractivity contribution in [3.8, 4) is 0 Å². The fourth-order valence-corrected chi connectivity index (χ4v) is 3.64. The Bertz CT molecular complexity index is 224. The Morgan fingerprint density at radius 1 is 1.11 bits per heavy atom. The molecule has 0 radical (unpaired) electrons. The van der Waals surface area contributed by atoms with Gasteiger partial charge in [-0.1, -0.05) is 6.42 Å². The average Bonchev–Trinajstić information content (AvgIpc) is 2.97. The zero-order valence-corrected chi connectivity index (χ0v) is 12.3. The maximum Gasteiger partial charge on any atom is 0.0111 e. The van der Waals surface area contributed by atoms with Crippen LogP contribution >= 0.6 is 0 Å². The van der Waals surface area contributed by atoms with Gasteiger partial charge in [0.1, 0.15) is 0 Å². The largest absolute Gasteiger partial charge is 0.314 e. The van der Waals surface area contributed by atoms with Gasteiger partial charge in [-0.3, -0.25) is 0 Å². The summed E-state index contributed by atoms with van der Waals surface area (Å²) in [7, 11) is 4.32. The van der Waals surface area contributed by atoms with Crippen LogP contribution in [-0.4, -0.2) is 50.7 Å². The number of hydrogen-bond acceptors (Lipinski definition) is 3. The zero-order chi connectivity index (χ0) is 12.8. The Labute approximate surface area is 113 Å². The molecule has 1 aliphatic heterocycles. The highest BCUT2D eigenvalue weighted by molar-refractivity contribution is 4.93. The molecule has 1 aliphatic carbocycles. The summed E-state index contributed by atoms with van der Waals surface area (Å²) in [5.41, 5.74) is 0. The average molecular weight is 253 g/mol. The van der Waals surface area contributed by atoms with Crippen LogP contribution in [0.25, 0.3) is 0 Å². The molecule has 2 N–H and O–H groups in total. The molecule has 0 aromatic carbocycles. The second kappa shape index (κ2) is 7.46. The lowest BCUT2D eigenvalue weighted by Gasteiger charge is -2.26. The number of hydrogen-bond donors (Lipinski definition) is 2. The van der Waals surface area contributed by atoms with Gasteiger partial charge in [-0.05, 0) is 78.2 Å². The molecular weight excluding hydrogens is 222 g/mol. The van der Waals surface area contributed by atoms with E-state index in [1.54, 1.807) is 0 Å². The summed E-state index contributed by atoms with van der Waals surface area (Å²) in [5.74, 6) is 0.904. The molecule has 3 unspecified atom stereocenters. The summed E-state index contributed by atoms with van der Waals surface area (Å²) in [6.45, 7) is 3.68.